The van der Waals surface area contributed by atoms with Crippen molar-refractivity contribution < 1.29 is 19.4 Å². The molecule has 0 heterocycles. The fourth-order valence-corrected chi connectivity index (χ4v) is 2.49. The topological polar surface area (TPSA) is 63.6 Å². The van der Waals surface area contributed by atoms with E-state index in [2.05, 4.69) is 0 Å². The van der Waals surface area contributed by atoms with Crippen LogP contribution in [0.5, 0.6) is 0 Å². The fraction of sp³-hybridized carbons (Fsp3) is 0.300. The second-order valence-electron chi connectivity index (χ2n) is 5.69. The van der Waals surface area contributed by atoms with Crippen LogP contribution in [-0.4, -0.2) is 23.7 Å². The van der Waals surface area contributed by atoms with Crippen molar-refractivity contribution in [3.05, 3.63) is 70.8 Å². The summed E-state index contributed by atoms with van der Waals surface area (Å²) in [6, 6.07) is 15.7. The number of hydrogen-bond donors (Lipinski definition) is 1. The Kier molecular flexibility index (Phi) is 6.55. The Bertz CT molecular complexity index is 672. The summed E-state index contributed by atoms with van der Waals surface area (Å²) in [7, 11) is 0. The van der Waals surface area contributed by atoms with Gasteiger partial charge in [0.05, 0.1) is 19.4 Å². The maximum atomic E-state index is 11.4. The molecule has 0 aromatic heterocycles. The van der Waals surface area contributed by atoms with Gasteiger partial charge in [-0.05, 0) is 42.0 Å². The highest BCUT2D eigenvalue weighted by Gasteiger charge is 2.04. The number of rotatable bonds is 8. The van der Waals surface area contributed by atoms with Crippen LogP contribution >= 0.6 is 0 Å². The molecule has 0 atom stereocenters. The number of aliphatic carboxylic acids is 1. The predicted molar refractivity (Wildman–Crippen MR) is 92.0 cm³/mol. The van der Waals surface area contributed by atoms with Crippen molar-refractivity contribution in [2.24, 2.45) is 0 Å². The standard InChI is InChI=1S/C20H22O4/c1-2-24-20(23)14-18-11-7-16(8-12-18)4-3-15-5-9-17(10-6-15)13-19(21)22/h5-12H,2-4,13-14H2,1H3,(H,21,22). The van der Waals surface area contributed by atoms with Crippen LogP contribution in [0.2, 0.25) is 0 Å². The molecule has 2 rings (SSSR count). The molecular formula is C20H22O4. The zero-order chi connectivity index (χ0) is 17.4. The highest BCUT2D eigenvalue weighted by atomic mass is 16.5. The lowest BCUT2D eigenvalue weighted by Gasteiger charge is -2.06. The Morgan fingerprint density at radius 1 is 0.792 bits per heavy atom. The Morgan fingerprint density at radius 2 is 1.21 bits per heavy atom. The van der Waals surface area contributed by atoms with E-state index in [1.807, 2.05) is 48.5 Å². The van der Waals surface area contributed by atoms with Gasteiger partial charge in [-0.25, -0.2) is 0 Å². The fourth-order valence-electron chi connectivity index (χ4n) is 2.49. The first-order valence-corrected chi connectivity index (χ1v) is 8.10. The van der Waals surface area contributed by atoms with Crippen LogP contribution in [0.4, 0.5) is 0 Å². The molecule has 0 radical (unpaired) electrons. The highest BCUT2D eigenvalue weighted by Crippen LogP contribution is 2.11. The largest absolute Gasteiger partial charge is 0.481 e. The third kappa shape index (κ3) is 5.88. The first-order valence-electron chi connectivity index (χ1n) is 8.10. The van der Waals surface area contributed by atoms with Crippen molar-refractivity contribution in [3.63, 3.8) is 0 Å². The molecule has 4 nitrogen and oxygen atoms in total. The monoisotopic (exact) mass is 326 g/mol. The molecule has 126 valence electrons. The van der Waals surface area contributed by atoms with Gasteiger partial charge in [0.2, 0.25) is 0 Å². The Morgan fingerprint density at radius 3 is 1.62 bits per heavy atom. The maximum Gasteiger partial charge on any atom is 0.310 e. The molecule has 1 N–H and O–H groups in total. The van der Waals surface area contributed by atoms with Crippen molar-refractivity contribution in [1.82, 2.24) is 0 Å². The van der Waals surface area contributed by atoms with E-state index in [4.69, 9.17) is 9.84 Å². The average molecular weight is 326 g/mol. The smallest absolute Gasteiger partial charge is 0.310 e. The van der Waals surface area contributed by atoms with Crippen LogP contribution in [0.15, 0.2) is 48.5 Å². The third-order valence-corrected chi connectivity index (χ3v) is 3.76. The first-order chi connectivity index (χ1) is 11.6. The van der Waals surface area contributed by atoms with Crippen molar-refractivity contribution >= 4 is 11.9 Å². The number of carboxylic acid groups (broad SMARTS) is 1. The summed E-state index contributed by atoms with van der Waals surface area (Å²) in [6.45, 7) is 2.21. The van der Waals surface area contributed by atoms with E-state index in [0.29, 0.717) is 13.0 Å². The molecule has 0 unspecified atom stereocenters. The number of hydrogen-bond acceptors (Lipinski definition) is 3. The summed E-state index contributed by atoms with van der Waals surface area (Å²) in [5.41, 5.74) is 4.15. The number of ether oxygens (including phenoxy) is 1. The van der Waals surface area contributed by atoms with E-state index in [1.54, 1.807) is 6.92 Å². The van der Waals surface area contributed by atoms with Crippen LogP contribution < -0.4 is 0 Å². The molecule has 0 aliphatic heterocycles. The normalized spacial score (nSPS) is 10.4. The van der Waals surface area contributed by atoms with Gasteiger partial charge >= 0.3 is 11.9 Å². The summed E-state index contributed by atoms with van der Waals surface area (Å²) in [5.74, 6) is -1.02. The molecule has 0 saturated carbocycles. The van der Waals surface area contributed by atoms with Crippen molar-refractivity contribution in [2.45, 2.75) is 32.6 Å². The lowest BCUT2D eigenvalue weighted by atomic mass is 10.0. The van der Waals surface area contributed by atoms with E-state index in [1.165, 1.54) is 11.1 Å². The second-order valence-corrected chi connectivity index (χ2v) is 5.69. The van der Waals surface area contributed by atoms with Crippen LogP contribution in [0.25, 0.3) is 0 Å². The molecule has 24 heavy (non-hydrogen) atoms. The molecule has 0 aliphatic carbocycles. The maximum absolute atomic E-state index is 11.4. The van der Waals surface area contributed by atoms with Gasteiger partial charge in [-0.2, -0.15) is 0 Å². The number of carbonyl (C=O) groups excluding carboxylic acids is 1. The zero-order valence-electron chi connectivity index (χ0n) is 13.8. The summed E-state index contributed by atoms with van der Waals surface area (Å²) in [5, 5.41) is 8.77. The van der Waals surface area contributed by atoms with Gasteiger partial charge in [0.15, 0.2) is 0 Å². The lowest BCUT2D eigenvalue weighted by Crippen LogP contribution is -2.07. The molecule has 2 aromatic rings. The molecule has 0 saturated heterocycles. The Hall–Kier alpha value is -2.62. The van der Waals surface area contributed by atoms with E-state index in [-0.39, 0.29) is 12.4 Å². The minimum atomic E-state index is -0.814. The van der Waals surface area contributed by atoms with Gasteiger partial charge in [-0.1, -0.05) is 48.5 Å². The summed E-state index contributed by atoms with van der Waals surface area (Å²) in [6.07, 6.45) is 2.16. The van der Waals surface area contributed by atoms with E-state index in [9.17, 15) is 9.59 Å². The number of esters is 1. The minimum absolute atomic E-state index is 0.0577. The Labute approximate surface area is 142 Å². The first kappa shape index (κ1) is 17.7. The van der Waals surface area contributed by atoms with Gasteiger partial charge in [0.1, 0.15) is 0 Å². The van der Waals surface area contributed by atoms with Crippen molar-refractivity contribution in [2.75, 3.05) is 6.61 Å². The average Bonchev–Trinajstić information content (AvgIpc) is 2.55. The molecule has 0 amide bonds. The van der Waals surface area contributed by atoms with Crippen LogP contribution in [0.1, 0.15) is 29.2 Å². The molecular weight excluding hydrogens is 304 g/mol. The minimum Gasteiger partial charge on any atom is -0.481 e. The van der Waals surface area contributed by atoms with Gasteiger partial charge < -0.3 is 9.84 Å². The second kappa shape index (κ2) is 8.87. The quantitative estimate of drug-likeness (QED) is 0.757. The number of benzene rings is 2. The Balaban J connectivity index is 1.85. The predicted octanol–water partition coefficient (Wildman–Crippen LogP) is 3.20. The van der Waals surface area contributed by atoms with Crippen LogP contribution in [0.3, 0.4) is 0 Å². The zero-order valence-corrected chi connectivity index (χ0v) is 13.8. The molecule has 2 aromatic carbocycles. The molecule has 0 bridgehead atoms. The van der Waals surface area contributed by atoms with Gasteiger partial charge in [-0.15, -0.1) is 0 Å². The molecule has 4 heteroatoms. The van der Waals surface area contributed by atoms with Gasteiger partial charge in [0, 0.05) is 0 Å². The summed E-state index contributed by atoms with van der Waals surface area (Å²) in [4.78, 5) is 22.1. The van der Waals surface area contributed by atoms with Gasteiger partial charge in [-0.3, -0.25) is 9.59 Å². The molecule has 0 aliphatic rings. The van der Waals surface area contributed by atoms with E-state index < -0.39 is 5.97 Å². The van der Waals surface area contributed by atoms with Crippen molar-refractivity contribution in [1.29, 1.82) is 0 Å². The van der Waals surface area contributed by atoms with Crippen LogP contribution in [-0.2, 0) is 40.0 Å². The molecule has 0 fully saturated rings. The van der Waals surface area contributed by atoms with E-state index >= 15 is 0 Å². The lowest BCUT2D eigenvalue weighted by molar-refractivity contribution is -0.142. The number of carbonyl (C=O) groups is 2. The summed E-state index contributed by atoms with van der Waals surface area (Å²) >= 11 is 0. The third-order valence-electron chi connectivity index (χ3n) is 3.76. The van der Waals surface area contributed by atoms with Gasteiger partial charge in [0.25, 0.3) is 0 Å². The number of carboxylic acids is 1. The van der Waals surface area contributed by atoms with E-state index in [0.717, 1.165) is 24.0 Å². The van der Waals surface area contributed by atoms with Crippen LogP contribution in [0, 0.1) is 0 Å². The highest BCUT2D eigenvalue weighted by molar-refractivity contribution is 5.72. The van der Waals surface area contributed by atoms with Crippen molar-refractivity contribution in [3.8, 4) is 0 Å². The molecule has 0 spiro atoms. The summed E-state index contributed by atoms with van der Waals surface area (Å²) < 4.78 is 4.94. The number of aryl methyl sites for hydroxylation is 2. The SMILES string of the molecule is CCOC(=O)Cc1ccc(CCc2ccc(CC(=O)O)cc2)cc1.